The number of aromatic amines is 1. The van der Waals surface area contributed by atoms with Crippen molar-refractivity contribution < 1.29 is 19.1 Å². The van der Waals surface area contributed by atoms with Crippen molar-refractivity contribution in [2.45, 2.75) is 25.0 Å². The van der Waals surface area contributed by atoms with Gasteiger partial charge >= 0.3 is 0 Å². The van der Waals surface area contributed by atoms with Crippen LogP contribution in [0.4, 0.5) is 0 Å². The van der Waals surface area contributed by atoms with Crippen molar-refractivity contribution in [3.05, 3.63) is 95.2 Å². The largest absolute Gasteiger partial charge is 0.454 e. The van der Waals surface area contributed by atoms with Crippen LogP contribution in [0.1, 0.15) is 28.4 Å². The number of para-hydroxylation sites is 1. The van der Waals surface area contributed by atoms with Crippen LogP contribution in [0, 0.1) is 0 Å². The molecule has 0 radical (unpaired) electrons. The normalized spacial score (nSPS) is 20.8. The summed E-state index contributed by atoms with van der Waals surface area (Å²) in [6.45, 7) is 0.593. The number of carbonyl (C=O) groups excluding carboxylic acids is 2. The molecule has 7 heteroatoms. The van der Waals surface area contributed by atoms with E-state index >= 15 is 0 Å². The average molecular weight is 466 g/mol. The van der Waals surface area contributed by atoms with E-state index in [4.69, 9.17) is 9.47 Å². The molecule has 35 heavy (non-hydrogen) atoms. The van der Waals surface area contributed by atoms with Crippen LogP contribution in [0.15, 0.2) is 72.8 Å². The third-order valence-corrected chi connectivity index (χ3v) is 7.27. The SMILES string of the molecule is O=C1[C@@H]2Cc3c([nH]c4ccccc34)[C@@H](c3ccccc3)N2C(=O)CN1Cc1ccc2c(c1)OCO2. The number of ether oxygens (including phenoxy) is 2. The molecule has 4 aromatic rings. The van der Waals surface area contributed by atoms with Gasteiger partial charge in [0.25, 0.3) is 0 Å². The zero-order valence-electron chi connectivity index (χ0n) is 18.9. The molecular formula is C28H23N3O4. The number of H-pyrrole nitrogens is 1. The molecule has 2 amide bonds. The summed E-state index contributed by atoms with van der Waals surface area (Å²) in [5.41, 5.74) is 5.04. The highest BCUT2D eigenvalue weighted by Gasteiger charge is 2.48. The molecule has 0 spiro atoms. The Balaban J connectivity index is 1.29. The summed E-state index contributed by atoms with van der Waals surface area (Å²) < 4.78 is 10.9. The summed E-state index contributed by atoms with van der Waals surface area (Å²) in [4.78, 5) is 34.5. The summed E-state index contributed by atoms with van der Waals surface area (Å²) in [6, 6.07) is 22.9. The molecule has 1 aromatic heterocycles. The maximum atomic E-state index is 13.9. The summed E-state index contributed by atoms with van der Waals surface area (Å²) in [5.74, 6) is 1.30. The number of aromatic nitrogens is 1. The Morgan fingerprint density at radius 1 is 0.914 bits per heavy atom. The van der Waals surface area contributed by atoms with E-state index in [2.05, 4.69) is 11.1 Å². The second-order valence-electron chi connectivity index (χ2n) is 9.28. The Bertz CT molecular complexity index is 1480. The molecule has 1 saturated heterocycles. The first-order valence-corrected chi connectivity index (χ1v) is 11.8. The molecule has 7 nitrogen and oxygen atoms in total. The van der Waals surface area contributed by atoms with Crippen molar-refractivity contribution in [1.29, 1.82) is 0 Å². The van der Waals surface area contributed by atoms with E-state index in [1.165, 1.54) is 0 Å². The maximum Gasteiger partial charge on any atom is 0.246 e. The molecule has 2 atom stereocenters. The first-order chi connectivity index (χ1) is 17.2. The molecule has 0 unspecified atom stereocenters. The molecule has 4 heterocycles. The summed E-state index contributed by atoms with van der Waals surface area (Å²) in [6.07, 6.45) is 0.491. The van der Waals surface area contributed by atoms with Gasteiger partial charge in [0.2, 0.25) is 18.6 Å². The number of hydrogen-bond donors (Lipinski definition) is 1. The lowest BCUT2D eigenvalue weighted by Gasteiger charge is -2.47. The number of piperazine rings is 1. The Labute approximate surface area is 201 Å². The molecule has 1 N–H and O–H groups in total. The van der Waals surface area contributed by atoms with E-state index in [9.17, 15) is 9.59 Å². The zero-order chi connectivity index (χ0) is 23.5. The Hall–Kier alpha value is -4.26. The minimum Gasteiger partial charge on any atom is -0.454 e. The minimum absolute atomic E-state index is 0.0286. The van der Waals surface area contributed by atoms with E-state index in [1.807, 2.05) is 66.7 Å². The van der Waals surface area contributed by atoms with E-state index in [-0.39, 0.29) is 31.2 Å². The number of fused-ring (bicyclic) bond motifs is 5. The molecule has 0 bridgehead atoms. The summed E-state index contributed by atoms with van der Waals surface area (Å²) in [5, 5.41) is 1.11. The summed E-state index contributed by atoms with van der Waals surface area (Å²) in [7, 11) is 0. The van der Waals surface area contributed by atoms with Crippen LogP contribution < -0.4 is 9.47 Å². The van der Waals surface area contributed by atoms with Gasteiger partial charge in [0, 0.05) is 29.6 Å². The standard InChI is InChI=1S/C28H23N3O4/c32-25-15-30(14-17-10-11-23-24(12-17)35-16-34-23)28(33)22-13-20-19-8-4-5-9-21(19)29-26(20)27(31(22)25)18-6-2-1-3-7-18/h1-12,22,27,29H,13-16H2/t22-,27+/m0/s1. The number of nitrogens with one attached hydrogen (secondary N) is 1. The van der Waals surface area contributed by atoms with Crippen LogP contribution in [-0.2, 0) is 22.6 Å². The van der Waals surface area contributed by atoms with Crippen molar-refractivity contribution in [3.63, 3.8) is 0 Å². The topological polar surface area (TPSA) is 74.9 Å². The average Bonchev–Trinajstić information content (AvgIpc) is 3.50. The van der Waals surface area contributed by atoms with E-state index in [1.54, 1.807) is 9.80 Å². The van der Waals surface area contributed by atoms with Gasteiger partial charge in [0.05, 0.1) is 6.04 Å². The number of nitrogens with zero attached hydrogens (tertiary/aromatic N) is 2. The Morgan fingerprint density at radius 2 is 1.71 bits per heavy atom. The first-order valence-electron chi connectivity index (χ1n) is 11.8. The minimum atomic E-state index is -0.554. The number of hydrogen-bond acceptors (Lipinski definition) is 4. The Morgan fingerprint density at radius 3 is 2.60 bits per heavy atom. The monoisotopic (exact) mass is 465 g/mol. The number of carbonyl (C=O) groups is 2. The number of amides is 2. The van der Waals surface area contributed by atoms with Crippen LogP contribution in [0.5, 0.6) is 11.5 Å². The molecule has 3 aromatic carbocycles. The second kappa shape index (κ2) is 7.63. The molecular weight excluding hydrogens is 442 g/mol. The molecule has 174 valence electrons. The van der Waals surface area contributed by atoms with Crippen molar-refractivity contribution >= 4 is 22.7 Å². The van der Waals surface area contributed by atoms with Gasteiger partial charge in [-0.15, -0.1) is 0 Å². The van der Waals surface area contributed by atoms with E-state index in [0.29, 0.717) is 24.5 Å². The van der Waals surface area contributed by atoms with Gasteiger partial charge in [0.1, 0.15) is 12.6 Å². The van der Waals surface area contributed by atoms with Gasteiger partial charge in [-0.1, -0.05) is 54.6 Å². The van der Waals surface area contributed by atoms with Gasteiger partial charge in [-0.05, 0) is 34.9 Å². The van der Waals surface area contributed by atoms with Crippen molar-refractivity contribution in [2.75, 3.05) is 13.3 Å². The highest BCUT2D eigenvalue weighted by molar-refractivity contribution is 5.97. The Kier molecular flexibility index (Phi) is 4.39. The number of benzene rings is 3. The van der Waals surface area contributed by atoms with Crippen LogP contribution in [0.25, 0.3) is 10.9 Å². The highest BCUT2D eigenvalue weighted by Crippen LogP contribution is 2.42. The molecule has 0 aliphatic carbocycles. The fraction of sp³-hybridized carbons (Fsp3) is 0.214. The molecule has 3 aliphatic heterocycles. The lowest BCUT2D eigenvalue weighted by Crippen LogP contribution is -2.62. The smallest absolute Gasteiger partial charge is 0.246 e. The fourth-order valence-electron chi connectivity index (χ4n) is 5.70. The maximum absolute atomic E-state index is 13.9. The molecule has 0 saturated carbocycles. The summed E-state index contributed by atoms with van der Waals surface area (Å²) >= 11 is 0. The van der Waals surface area contributed by atoms with Gasteiger partial charge in [-0.2, -0.15) is 0 Å². The molecule has 7 rings (SSSR count). The molecule has 3 aliphatic rings. The van der Waals surface area contributed by atoms with Crippen LogP contribution >= 0.6 is 0 Å². The lowest BCUT2D eigenvalue weighted by molar-refractivity contribution is -0.159. The van der Waals surface area contributed by atoms with Gasteiger partial charge in [-0.25, -0.2) is 0 Å². The van der Waals surface area contributed by atoms with Gasteiger partial charge in [0.15, 0.2) is 11.5 Å². The fourth-order valence-corrected chi connectivity index (χ4v) is 5.70. The van der Waals surface area contributed by atoms with E-state index in [0.717, 1.165) is 33.3 Å². The lowest BCUT2D eigenvalue weighted by atomic mass is 9.86. The zero-order valence-corrected chi connectivity index (χ0v) is 18.9. The van der Waals surface area contributed by atoms with Crippen LogP contribution in [0.3, 0.4) is 0 Å². The van der Waals surface area contributed by atoms with Crippen LogP contribution in [-0.4, -0.2) is 46.0 Å². The van der Waals surface area contributed by atoms with Crippen molar-refractivity contribution in [3.8, 4) is 11.5 Å². The third kappa shape index (κ3) is 3.11. The highest BCUT2D eigenvalue weighted by atomic mass is 16.7. The molecule has 1 fully saturated rings. The van der Waals surface area contributed by atoms with E-state index < -0.39 is 6.04 Å². The van der Waals surface area contributed by atoms with Crippen molar-refractivity contribution in [2.24, 2.45) is 0 Å². The van der Waals surface area contributed by atoms with Gasteiger partial charge in [-0.3, -0.25) is 9.59 Å². The van der Waals surface area contributed by atoms with Crippen molar-refractivity contribution in [1.82, 2.24) is 14.8 Å². The number of rotatable bonds is 3. The quantitative estimate of drug-likeness (QED) is 0.500. The predicted octanol–water partition coefficient (Wildman–Crippen LogP) is 3.78. The van der Waals surface area contributed by atoms with Gasteiger partial charge < -0.3 is 24.3 Å². The first kappa shape index (κ1) is 20.1. The third-order valence-electron chi connectivity index (χ3n) is 7.27. The predicted molar refractivity (Wildman–Crippen MR) is 129 cm³/mol. The van der Waals surface area contributed by atoms with Crippen LogP contribution in [0.2, 0.25) is 0 Å². The second-order valence-corrected chi connectivity index (χ2v) is 9.28.